The molecule has 1 saturated carbocycles. The average Bonchev–Trinajstić information content (AvgIpc) is 3.51. The number of thioether (sulfide) groups is 1. The lowest BCUT2D eigenvalue weighted by atomic mass is 10.0. The van der Waals surface area contributed by atoms with Crippen molar-refractivity contribution in [2.45, 2.75) is 36.7 Å². The summed E-state index contributed by atoms with van der Waals surface area (Å²) >= 11 is 1.16. The van der Waals surface area contributed by atoms with Crippen LogP contribution in [0.2, 0.25) is 0 Å². The van der Waals surface area contributed by atoms with Gasteiger partial charge < -0.3 is 5.11 Å². The Morgan fingerprint density at radius 2 is 2.03 bits per heavy atom. The fraction of sp³-hybridized carbons (Fsp3) is 0.333. The van der Waals surface area contributed by atoms with Gasteiger partial charge in [0.25, 0.3) is 0 Å². The van der Waals surface area contributed by atoms with Gasteiger partial charge in [0.05, 0.1) is 6.10 Å². The van der Waals surface area contributed by atoms with Crippen LogP contribution in [0.3, 0.4) is 0 Å². The fourth-order valence-corrected chi connectivity index (χ4v) is 4.66. The van der Waals surface area contributed by atoms with Gasteiger partial charge in [0.1, 0.15) is 21.5 Å². The summed E-state index contributed by atoms with van der Waals surface area (Å²) in [6.07, 6.45) is 2.44. The lowest BCUT2D eigenvalue weighted by Crippen LogP contribution is -2.46. The summed E-state index contributed by atoms with van der Waals surface area (Å²) < 4.78 is 28.3. The van der Waals surface area contributed by atoms with Crippen LogP contribution in [0.5, 0.6) is 0 Å². The Bertz CT molecular complexity index is 956. The van der Waals surface area contributed by atoms with E-state index in [9.17, 15) is 18.7 Å². The maximum absolute atomic E-state index is 14.5. The molecule has 1 fully saturated rings. The summed E-state index contributed by atoms with van der Waals surface area (Å²) in [5, 5.41) is 15.2. The lowest BCUT2D eigenvalue weighted by molar-refractivity contribution is 0.0282. The van der Waals surface area contributed by atoms with Gasteiger partial charge in [-0.05, 0) is 49.4 Å². The molecule has 2 amide bonds. The molecule has 0 bridgehead atoms. The van der Waals surface area contributed by atoms with Crippen LogP contribution in [0.4, 0.5) is 13.6 Å². The maximum atomic E-state index is 14.5. The molecule has 158 valence electrons. The minimum atomic E-state index is -1.05. The molecule has 9 heteroatoms. The normalized spacial score (nSPS) is 20.9. The second-order valence-corrected chi connectivity index (χ2v) is 8.41. The van der Waals surface area contributed by atoms with Crippen LogP contribution in [0.25, 0.3) is 0 Å². The summed E-state index contributed by atoms with van der Waals surface area (Å²) in [5.41, 5.74) is 3.15. The van der Waals surface area contributed by atoms with E-state index in [2.05, 4.69) is 10.6 Å². The Balaban J connectivity index is 1.75. The number of hydrogen-bond donors (Lipinski definition) is 2. The number of amides is 2. The van der Waals surface area contributed by atoms with Crippen molar-refractivity contribution in [3.63, 3.8) is 0 Å². The van der Waals surface area contributed by atoms with Crippen LogP contribution in [-0.2, 0) is 9.71 Å². The largest absolute Gasteiger partial charge is 0.396 e. The third-order valence-electron chi connectivity index (χ3n) is 4.89. The van der Waals surface area contributed by atoms with E-state index in [1.54, 1.807) is 0 Å². The van der Waals surface area contributed by atoms with E-state index < -0.39 is 22.5 Å². The highest BCUT2D eigenvalue weighted by molar-refractivity contribution is 8.15. The molecule has 0 saturated heterocycles. The zero-order valence-corrected chi connectivity index (χ0v) is 16.9. The van der Waals surface area contributed by atoms with Crippen LogP contribution < -0.4 is 5.48 Å². The van der Waals surface area contributed by atoms with Crippen molar-refractivity contribution < 1.29 is 23.5 Å². The summed E-state index contributed by atoms with van der Waals surface area (Å²) in [6, 6.07) is 11.7. The van der Waals surface area contributed by atoms with Gasteiger partial charge in [-0.1, -0.05) is 42.1 Å². The molecule has 2 aromatic carbocycles. The molecule has 1 unspecified atom stereocenters. The molecule has 1 atom stereocenters. The molecule has 4 rings (SSSR count). The van der Waals surface area contributed by atoms with E-state index in [4.69, 9.17) is 4.84 Å². The molecule has 1 aliphatic carbocycles. The van der Waals surface area contributed by atoms with Crippen molar-refractivity contribution in [1.29, 1.82) is 0 Å². The standard InChI is InChI=1S/C21H21F2N3O3S/c22-15-7-10-18(23)17(13-15)19-24-26(20(28)25-29-16-8-9-16)21(30-19,11-4-12-27)14-5-2-1-3-6-14/h1-3,5-7,10,13,16,27H,4,8-9,11-12H2,(H,25,28). The molecule has 2 N–H and O–H groups in total. The number of aliphatic hydroxyl groups excluding tert-OH is 1. The van der Waals surface area contributed by atoms with Gasteiger partial charge in [0.2, 0.25) is 0 Å². The summed E-state index contributed by atoms with van der Waals surface area (Å²) in [4.78, 5) is 17.3. The third-order valence-corrected chi connectivity index (χ3v) is 6.33. The Labute approximate surface area is 176 Å². The van der Waals surface area contributed by atoms with Crippen molar-refractivity contribution in [2.24, 2.45) is 5.10 Å². The van der Waals surface area contributed by atoms with E-state index in [1.807, 2.05) is 30.3 Å². The number of halogens is 2. The van der Waals surface area contributed by atoms with Crippen LogP contribution in [0.15, 0.2) is 53.6 Å². The van der Waals surface area contributed by atoms with Gasteiger partial charge in [0, 0.05) is 12.2 Å². The average molecular weight is 433 g/mol. The van der Waals surface area contributed by atoms with Gasteiger partial charge in [-0.15, -0.1) is 0 Å². The molecular weight excluding hydrogens is 412 g/mol. The molecule has 0 aromatic heterocycles. The van der Waals surface area contributed by atoms with Crippen molar-refractivity contribution in [2.75, 3.05) is 6.61 Å². The Kier molecular flexibility index (Phi) is 6.03. The van der Waals surface area contributed by atoms with Crippen molar-refractivity contribution in [3.8, 4) is 0 Å². The summed E-state index contributed by atoms with van der Waals surface area (Å²) in [5.74, 6) is -1.24. The topological polar surface area (TPSA) is 74.2 Å². The molecule has 2 aliphatic rings. The number of hydrogen-bond acceptors (Lipinski definition) is 5. The molecule has 30 heavy (non-hydrogen) atoms. The first-order valence-electron chi connectivity index (χ1n) is 9.69. The summed E-state index contributed by atoms with van der Waals surface area (Å²) in [6.45, 7) is -0.0904. The molecular formula is C21H21F2N3O3S. The Morgan fingerprint density at radius 3 is 2.73 bits per heavy atom. The van der Waals surface area contributed by atoms with E-state index in [0.29, 0.717) is 12.8 Å². The number of urea groups is 1. The maximum Gasteiger partial charge on any atom is 0.363 e. The lowest BCUT2D eigenvalue weighted by Gasteiger charge is -2.35. The Hall–Kier alpha value is -2.49. The molecule has 2 aromatic rings. The molecule has 0 spiro atoms. The van der Waals surface area contributed by atoms with Crippen LogP contribution in [0, 0.1) is 11.6 Å². The number of carbonyl (C=O) groups excluding carboxylic acids is 1. The highest BCUT2D eigenvalue weighted by atomic mass is 32.2. The van der Waals surface area contributed by atoms with Crippen molar-refractivity contribution in [3.05, 3.63) is 71.3 Å². The number of benzene rings is 2. The molecule has 0 radical (unpaired) electrons. The van der Waals surface area contributed by atoms with Gasteiger partial charge >= 0.3 is 6.03 Å². The summed E-state index contributed by atoms with van der Waals surface area (Å²) in [7, 11) is 0. The quantitative estimate of drug-likeness (QED) is 0.645. The number of rotatable bonds is 7. The molecule has 1 aliphatic heterocycles. The zero-order chi connectivity index (χ0) is 21.1. The fourth-order valence-electron chi connectivity index (χ4n) is 3.24. The van der Waals surface area contributed by atoms with Crippen LogP contribution >= 0.6 is 11.8 Å². The molecule has 6 nitrogen and oxygen atoms in total. The van der Waals surface area contributed by atoms with Crippen molar-refractivity contribution in [1.82, 2.24) is 10.5 Å². The number of nitrogens with zero attached hydrogens (tertiary/aromatic N) is 2. The number of nitrogens with one attached hydrogen (secondary N) is 1. The third kappa shape index (κ3) is 4.19. The number of hydroxylamine groups is 1. The number of carbonyl (C=O) groups is 1. The zero-order valence-electron chi connectivity index (χ0n) is 16.1. The predicted octanol–water partition coefficient (Wildman–Crippen LogP) is 4.10. The van der Waals surface area contributed by atoms with Gasteiger partial charge in [-0.25, -0.2) is 19.1 Å². The highest BCUT2D eigenvalue weighted by Crippen LogP contribution is 2.50. The SMILES string of the molecule is O=C(NOC1CC1)N1N=C(c2cc(F)ccc2F)SC1(CCCO)c1ccccc1. The second kappa shape index (κ2) is 8.71. The van der Waals surface area contributed by atoms with Gasteiger partial charge in [0.15, 0.2) is 0 Å². The highest BCUT2D eigenvalue weighted by Gasteiger charge is 2.49. The smallest absolute Gasteiger partial charge is 0.363 e. The van der Waals surface area contributed by atoms with E-state index in [1.165, 1.54) is 5.01 Å². The second-order valence-electron chi connectivity index (χ2n) is 7.15. The number of aliphatic hydroxyl groups is 1. The first-order valence-corrected chi connectivity index (χ1v) is 10.5. The Morgan fingerprint density at radius 1 is 1.27 bits per heavy atom. The number of hydrazone groups is 1. The first kappa shape index (κ1) is 20.8. The van der Waals surface area contributed by atoms with Gasteiger partial charge in [-0.2, -0.15) is 10.1 Å². The van der Waals surface area contributed by atoms with E-state index >= 15 is 0 Å². The van der Waals surface area contributed by atoms with E-state index in [0.717, 1.165) is 48.4 Å². The van der Waals surface area contributed by atoms with Crippen LogP contribution in [0.1, 0.15) is 36.8 Å². The molecule has 1 heterocycles. The first-order chi connectivity index (χ1) is 14.5. The minimum absolute atomic E-state index is 0.0168. The van der Waals surface area contributed by atoms with E-state index in [-0.39, 0.29) is 23.3 Å². The minimum Gasteiger partial charge on any atom is -0.396 e. The van der Waals surface area contributed by atoms with Crippen molar-refractivity contribution >= 4 is 22.8 Å². The van der Waals surface area contributed by atoms with Gasteiger partial charge in [-0.3, -0.25) is 4.84 Å². The van der Waals surface area contributed by atoms with Crippen LogP contribution in [-0.4, -0.2) is 33.9 Å². The predicted molar refractivity (Wildman–Crippen MR) is 109 cm³/mol. The monoisotopic (exact) mass is 433 g/mol.